The molecule has 2 aliphatic rings. The van der Waals surface area contributed by atoms with Crippen LogP contribution in [0, 0.1) is 5.92 Å². The predicted molar refractivity (Wildman–Crippen MR) is 90.0 cm³/mol. The maximum absolute atomic E-state index is 12.2. The summed E-state index contributed by atoms with van der Waals surface area (Å²) in [5.41, 5.74) is -0.410. The molecule has 4 nitrogen and oxygen atoms in total. The zero-order valence-electron chi connectivity index (χ0n) is 14.9. The minimum Gasteiger partial charge on any atom is -0.444 e. The van der Waals surface area contributed by atoms with E-state index in [2.05, 4.69) is 12.2 Å². The zero-order valence-corrected chi connectivity index (χ0v) is 14.9. The number of amides is 1. The molecule has 0 bridgehead atoms. The lowest BCUT2D eigenvalue weighted by atomic mass is 9.84. The number of ether oxygens (including phenoxy) is 1. The Balaban J connectivity index is 1.81. The first kappa shape index (κ1) is 17.6. The van der Waals surface area contributed by atoms with Gasteiger partial charge in [0.25, 0.3) is 0 Å². The van der Waals surface area contributed by atoms with Gasteiger partial charge in [-0.25, -0.2) is 4.79 Å². The maximum Gasteiger partial charge on any atom is 0.410 e. The third-order valence-corrected chi connectivity index (χ3v) is 4.93. The molecule has 2 rings (SSSR count). The third-order valence-electron chi connectivity index (χ3n) is 4.93. The van der Waals surface area contributed by atoms with Gasteiger partial charge in [0.15, 0.2) is 0 Å². The summed E-state index contributed by atoms with van der Waals surface area (Å²) in [6, 6.07) is 0.974. The van der Waals surface area contributed by atoms with Gasteiger partial charge >= 0.3 is 6.09 Å². The molecule has 0 aromatic heterocycles. The minimum atomic E-state index is -0.410. The standard InChI is InChI=1S/C18H34N2O2/c1-14(15-9-6-5-7-10-15)19-16-11-8-12-20(13-16)17(21)22-18(2,3)4/h14-16,19H,5-13H2,1-4H3/t14-,16?/m0/s1. The van der Waals surface area contributed by atoms with Crippen molar-refractivity contribution in [3.8, 4) is 0 Å². The summed E-state index contributed by atoms with van der Waals surface area (Å²) in [4.78, 5) is 14.1. The van der Waals surface area contributed by atoms with E-state index < -0.39 is 5.60 Å². The van der Waals surface area contributed by atoms with E-state index in [-0.39, 0.29) is 6.09 Å². The summed E-state index contributed by atoms with van der Waals surface area (Å²) in [5, 5.41) is 3.79. The van der Waals surface area contributed by atoms with Crippen molar-refractivity contribution in [1.82, 2.24) is 10.2 Å². The van der Waals surface area contributed by atoms with Crippen LogP contribution in [0.25, 0.3) is 0 Å². The van der Waals surface area contributed by atoms with Gasteiger partial charge in [0, 0.05) is 25.2 Å². The fourth-order valence-electron chi connectivity index (χ4n) is 3.75. The topological polar surface area (TPSA) is 41.6 Å². The quantitative estimate of drug-likeness (QED) is 0.858. The van der Waals surface area contributed by atoms with Crippen LogP contribution in [0.3, 0.4) is 0 Å². The Labute approximate surface area is 136 Å². The van der Waals surface area contributed by atoms with E-state index >= 15 is 0 Å². The van der Waals surface area contributed by atoms with Crippen molar-refractivity contribution < 1.29 is 9.53 Å². The highest BCUT2D eigenvalue weighted by Gasteiger charge is 2.29. The van der Waals surface area contributed by atoms with Gasteiger partial charge in [-0.15, -0.1) is 0 Å². The van der Waals surface area contributed by atoms with Gasteiger partial charge in [-0.1, -0.05) is 19.3 Å². The molecule has 22 heavy (non-hydrogen) atoms. The van der Waals surface area contributed by atoms with Crippen molar-refractivity contribution in [3.05, 3.63) is 0 Å². The highest BCUT2D eigenvalue weighted by molar-refractivity contribution is 5.68. The Morgan fingerprint density at radius 3 is 2.45 bits per heavy atom. The van der Waals surface area contributed by atoms with Crippen molar-refractivity contribution in [3.63, 3.8) is 0 Å². The molecule has 1 saturated heterocycles. The molecule has 2 atom stereocenters. The number of nitrogens with zero attached hydrogens (tertiary/aromatic N) is 1. The Morgan fingerprint density at radius 2 is 1.82 bits per heavy atom. The van der Waals surface area contributed by atoms with E-state index in [0.29, 0.717) is 12.1 Å². The second-order valence-corrected chi connectivity index (χ2v) is 8.12. The number of carbonyl (C=O) groups is 1. The molecule has 0 spiro atoms. The number of hydrogen-bond acceptors (Lipinski definition) is 3. The van der Waals surface area contributed by atoms with Crippen molar-refractivity contribution in [2.45, 2.75) is 90.3 Å². The van der Waals surface area contributed by atoms with Gasteiger partial charge in [0.05, 0.1) is 0 Å². The first-order valence-electron chi connectivity index (χ1n) is 9.09. The normalized spacial score (nSPS) is 25.8. The smallest absolute Gasteiger partial charge is 0.410 e. The van der Waals surface area contributed by atoms with Crippen LogP contribution in [-0.4, -0.2) is 41.8 Å². The van der Waals surface area contributed by atoms with Crippen LogP contribution in [0.1, 0.15) is 72.6 Å². The summed E-state index contributed by atoms with van der Waals surface area (Å²) in [6.45, 7) is 9.71. The number of nitrogens with one attached hydrogen (secondary N) is 1. The van der Waals surface area contributed by atoms with E-state index in [1.807, 2.05) is 25.7 Å². The summed E-state index contributed by atoms with van der Waals surface area (Å²) in [5.74, 6) is 0.811. The lowest BCUT2D eigenvalue weighted by Gasteiger charge is -2.37. The van der Waals surface area contributed by atoms with Crippen LogP contribution in [0.15, 0.2) is 0 Å². The van der Waals surface area contributed by atoms with Crippen LogP contribution < -0.4 is 5.32 Å². The monoisotopic (exact) mass is 310 g/mol. The van der Waals surface area contributed by atoms with Gasteiger partial charge in [-0.2, -0.15) is 0 Å². The molecule has 1 heterocycles. The molecule has 1 amide bonds. The Bertz CT molecular complexity index is 359. The van der Waals surface area contributed by atoms with Crippen LogP contribution in [0.4, 0.5) is 4.79 Å². The van der Waals surface area contributed by atoms with Gasteiger partial charge < -0.3 is 15.0 Å². The molecule has 1 N–H and O–H groups in total. The third kappa shape index (κ3) is 5.45. The number of piperidine rings is 1. The molecule has 1 aliphatic carbocycles. The van der Waals surface area contributed by atoms with E-state index in [1.165, 1.54) is 32.1 Å². The molecular weight excluding hydrogens is 276 g/mol. The maximum atomic E-state index is 12.2. The Hall–Kier alpha value is -0.770. The Morgan fingerprint density at radius 1 is 1.14 bits per heavy atom. The van der Waals surface area contributed by atoms with E-state index in [0.717, 1.165) is 31.8 Å². The van der Waals surface area contributed by atoms with Crippen molar-refractivity contribution in [1.29, 1.82) is 0 Å². The van der Waals surface area contributed by atoms with Gasteiger partial charge in [-0.05, 0) is 59.3 Å². The van der Waals surface area contributed by atoms with Crippen LogP contribution in [0.5, 0.6) is 0 Å². The van der Waals surface area contributed by atoms with E-state index in [4.69, 9.17) is 4.74 Å². The summed E-state index contributed by atoms with van der Waals surface area (Å²) in [6.07, 6.45) is 8.94. The fourth-order valence-corrected chi connectivity index (χ4v) is 3.75. The Kier molecular flexibility index (Phi) is 6.13. The number of hydrogen-bond donors (Lipinski definition) is 1. The number of rotatable bonds is 3. The second kappa shape index (κ2) is 7.67. The first-order chi connectivity index (χ1) is 10.3. The fraction of sp³-hybridized carbons (Fsp3) is 0.944. The van der Waals surface area contributed by atoms with E-state index in [1.54, 1.807) is 0 Å². The average molecular weight is 310 g/mol. The second-order valence-electron chi connectivity index (χ2n) is 8.12. The molecule has 0 aromatic rings. The van der Waals surface area contributed by atoms with Crippen molar-refractivity contribution in [2.75, 3.05) is 13.1 Å². The summed E-state index contributed by atoms with van der Waals surface area (Å²) in [7, 11) is 0. The predicted octanol–water partition coefficient (Wildman–Crippen LogP) is 3.94. The molecule has 0 aromatic carbocycles. The molecule has 1 unspecified atom stereocenters. The number of likely N-dealkylation sites (tertiary alicyclic amines) is 1. The average Bonchev–Trinajstić information content (AvgIpc) is 2.46. The molecule has 1 aliphatic heterocycles. The lowest BCUT2D eigenvalue weighted by Crippen LogP contribution is -2.52. The summed E-state index contributed by atoms with van der Waals surface area (Å²) < 4.78 is 5.51. The highest BCUT2D eigenvalue weighted by atomic mass is 16.6. The lowest BCUT2D eigenvalue weighted by molar-refractivity contribution is 0.0180. The largest absolute Gasteiger partial charge is 0.444 e. The van der Waals surface area contributed by atoms with Crippen LogP contribution >= 0.6 is 0 Å². The SMILES string of the molecule is C[C@H](NC1CCCN(C(=O)OC(C)(C)C)C1)C1CCCCC1. The van der Waals surface area contributed by atoms with Gasteiger partial charge in [-0.3, -0.25) is 0 Å². The first-order valence-corrected chi connectivity index (χ1v) is 9.09. The minimum absolute atomic E-state index is 0.163. The molecule has 2 fully saturated rings. The molecular formula is C18H34N2O2. The molecule has 1 saturated carbocycles. The summed E-state index contributed by atoms with van der Waals surface area (Å²) >= 11 is 0. The zero-order chi connectivity index (χ0) is 16.2. The molecule has 0 radical (unpaired) electrons. The van der Waals surface area contributed by atoms with E-state index in [9.17, 15) is 4.79 Å². The molecule has 128 valence electrons. The number of carbonyl (C=O) groups excluding carboxylic acids is 1. The van der Waals surface area contributed by atoms with Gasteiger partial charge in [0.2, 0.25) is 0 Å². The molecule has 4 heteroatoms. The van der Waals surface area contributed by atoms with Crippen LogP contribution in [-0.2, 0) is 4.74 Å². The highest BCUT2D eigenvalue weighted by Crippen LogP contribution is 2.27. The van der Waals surface area contributed by atoms with Crippen LogP contribution in [0.2, 0.25) is 0 Å². The van der Waals surface area contributed by atoms with Crippen molar-refractivity contribution in [2.24, 2.45) is 5.92 Å². The van der Waals surface area contributed by atoms with Gasteiger partial charge in [0.1, 0.15) is 5.60 Å². The van der Waals surface area contributed by atoms with Crippen molar-refractivity contribution >= 4 is 6.09 Å².